The van der Waals surface area contributed by atoms with Crippen LogP contribution in [0.5, 0.6) is 0 Å². The van der Waals surface area contributed by atoms with Gasteiger partial charge in [-0.1, -0.05) is 12.5 Å². The summed E-state index contributed by atoms with van der Waals surface area (Å²) in [6, 6.07) is 13.0. The van der Waals surface area contributed by atoms with Crippen molar-refractivity contribution in [2.24, 2.45) is 0 Å². The minimum Gasteiger partial charge on any atom is -0.360 e. The number of nitrogens with one attached hydrogen (secondary N) is 3. The smallest absolute Gasteiger partial charge is 0.243 e. The molecule has 4 rings (SSSR count). The third-order valence-electron chi connectivity index (χ3n) is 5.82. The molecular weight excluding hydrogens is 527 g/mol. The van der Waals surface area contributed by atoms with E-state index < -0.39 is 10.0 Å². The Hall–Kier alpha value is -2.86. The average Bonchev–Trinajstić information content (AvgIpc) is 3.34. The number of thiocarbonyl (C=S) groups is 1. The first kappa shape index (κ1) is 27.2. The summed E-state index contributed by atoms with van der Waals surface area (Å²) in [6.45, 7) is 6.44. The summed E-state index contributed by atoms with van der Waals surface area (Å²) in [4.78, 5) is 17.1. The maximum Gasteiger partial charge on any atom is 0.243 e. The van der Waals surface area contributed by atoms with Crippen LogP contribution in [0, 0.1) is 0 Å². The van der Waals surface area contributed by atoms with E-state index in [-0.39, 0.29) is 16.8 Å². The topological polar surface area (TPSA) is 103 Å². The molecule has 196 valence electrons. The van der Waals surface area contributed by atoms with Gasteiger partial charge in [-0.3, -0.25) is 4.79 Å². The van der Waals surface area contributed by atoms with E-state index >= 15 is 0 Å². The molecule has 1 aliphatic rings. The van der Waals surface area contributed by atoms with Gasteiger partial charge in [0.15, 0.2) is 5.11 Å². The lowest BCUT2D eigenvalue weighted by Crippen LogP contribution is -2.35. The van der Waals surface area contributed by atoms with Crippen molar-refractivity contribution in [2.45, 2.75) is 51.0 Å². The van der Waals surface area contributed by atoms with Crippen LogP contribution in [0.4, 0.5) is 11.4 Å². The second kappa shape index (κ2) is 11.7. The molecule has 3 aromatic rings. The van der Waals surface area contributed by atoms with Crippen molar-refractivity contribution in [3.05, 3.63) is 48.7 Å². The average molecular weight is 558 g/mol. The lowest BCUT2D eigenvalue weighted by molar-refractivity contribution is -0.114. The third kappa shape index (κ3) is 6.72. The van der Waals surface area contributed by atoms with Crippen LogP contribution in [-0.2, 0) is 14.8 Å². The predicted molar refractivity (Wildman–Crippen MR) is 154 cm³/mol. The first-order valence-electron chi connectivity index (χ1n) is 12.2. The van der Waals surface area contributed by atoms with Gasteiger partial charge in [-0.05, 0) is 75.3 Å². The first-order chi connectivity index (χ1) is 17.6. The Morgan fingerprint density at radius 2 is 1.70 bits per heavy atom. The molecule has 1 aromatic heterocycles. The molecule has 2 heterocycles. The molecule has 1 fully saturated rings. The van der Waals surface area contributed by atoms with Gasteiger partial charge in [0.05, 0.1) is 9.77 Å². The van der Waals surface area contributed by atoms with Crippen LogP contribution in [0.15, 0.2) is 53.6 Å². The molecule has 0 bridgehead atoms. The highest BCUT2D eigenvalue weighted by Gasteiger charge is 2.29. The normalized spacial score (nSPS) is 14.4. The molecule has 1 amide bonds. The van der Waals surface area contributed by atoms with Crippen molar-refractivity contribution in [1.29, 1.82) is 0 Å². The van der Waals surface area contributed by atoms with Crippen LogP contribution in [0.2, 0.25) is 0 Å². The van der Waals surface area contributed by atoms with E-state index in [0.29, 0.717) is 29.5 Å². The molecule has 2 aromatic carbocycles. The van der Waals surface area contributed by atoms with Crippen LogP contribution in [0.1, 0.15) is 40.0 Å². The zero-order valence-electron chi connectivity index (χ0n) is 21.1. The standard InChI is InChI=1S/C26H31N5O3S3/c1-17(2)28-26(35)30-20-9-7-19(8-10-20)25-27-16-23(36-25)22-12-11-21(29-18(3)32)15-24(22)37(33,34)31-13-5-4-6-14-31/h7-12,15-17H,4-6,13-14H2,1-3H3,(H,29,32)(H2,28,30,35). The van der Waals surface area contributed by atoms with E-state index in [9.17, 15) is 13.2 Å². The summed E-state index contributed by atoms with van der Waals surface area (Å²) in [6.07, 6.45) is 4.41. The van der Waals surface area contributed by atoms with Crippen molar-refractivity contribution in [3.8, 4) is 21.0 Å². The van der Waals surface area contributed by atoms with Gasteiger partial charge in [0, 0.05) is 54.8 Å². The summed E-state index contributed by atoms with van der Waals surface area (Å²) in [5.41, 5.74) is 2.80. The number of rotatable bonds is 7. The molecule has 0 unspecified atom stereocenters. The largest absolute Gasteiger partial charge is 0.360 e. The molecular formula is C26H31N5O3S3. The lowest BCUT2D eigenvalue weighted by Gasteiger charge is -2.27. The van der Waals surface area contributed by atoms with Crippen LogP contribution >= 0.6 is 23.6 Å². The Morgan fingerprint density at radius 3 is 2.35 bits per heavy atom. The van der Waals surface area contributed by atoms with Crippen LogP contribution in [0.25, 0.3) is 21.0 Å². The number of anilines is 2. The van der Waals surface area contributed by atoms with Crippen LogP contribution < -0.4 is 16.0 Å². The van der Waals surface area contributed by atoms with E-state index in [1.165, 1.54) is 18.3 Å². The minimum atomic E-state index is -3.75. The molecule has 3 N–H and O–H groups in total. The van der Waals surface area contributed by atoms with Crippen LogP contribution in [0.3, 0.4) is 0 Å². The van der Waals surface area contributed by atoms with Crippen molar-refractivity contribution < 1.29 is 13.2 Å². The third-order valence-corrected chi connectivity index (χ3v) is 9.05. The highest BCUT2D eigenvalue weighted by Crippen LogP contribution is 2.38. The van der Waals surface area contributed by atoms with E-state index in [0.717, 1.165) is 40.4 Å². The lowest BCUT2D eigenvalue weighted by atomic mass is 10.2. The number of carbonyl (C=O) groups excluding carboxylic acids is 1. The van der Waals surface area contributed by atoms with Crippen molar-refractivity contribution in [2.75, 3.05) is 23.7 Å². The second-order valence-electron chi connectivity index (χ2n) is 9.22. The molecule has 0 radical (unpaired) electrons. The van der Waals surface area contributed by atoms with Gasteiger partial charge in [0.25, 0.3) is 0 Å². The summed E-state index contributed by atoms with van der Waals surface area (Å²) in [7, 11) is -3.75. The Labute approximate surface area is 227 Å². The van der Waals surface area contributed by atoms with Gasteiger partial charge in [-0.25, -0.2) is 13.4 Å². The maximum absolute atomic E-state index is 13.7. The summed E-state index contributed by atoms with van der Waals surface area (Å²) in [5, 5.41) is 10.3. The molecule has 0 saturated carbocycles. The van der Waals surface area contributed by atoms with Gasteiger partial charge in [0.2, 0.25) is 15.9 Å². The molecule has 11 heteroatoms. The number of hydrogen-bond donors (Lipinski definition) is 3. The zero-order valence-corrected chi connectivity index (χ0v) is 23.5. The van der Waals surface area contributed by atoms with Gasteiger partial charge in [-0.2, -0.15) is 4.31 Å². The fraction of sp³-hybridized carbons (Fsp3) is 0.346. The number of sulfonamides is 1. The van der Waals surface area contributed by atoms with Crippen molar-refractivity contribution >= 4 is 56.0 Å². The molecule has 8 nitrogen and oxygen atoms in total. The van der Waals surface area contributed by atoms with E-state index in [1.807, 2.05) is 38.1 Å². The maximum atomic E-state index is 13.7. The Bertz CT molecular complexity index is 1380. The number of benzene rings is 2. The predicted octanol–water partition coefficient (Wildman–Crippen LogP) is 5.30. The second-order valence-corrected chi connectivity index (χ2v) is 12.6. The highest BCUT2D eigenvalue weighted by molar-refractivity contribution is 7.89. The number of carbonyl (C=O) groups is 1. The minimum absolute atomic E-state index is 0.182. The summed E-state index contributed by atoms with van der Waals surface area (Å²) < 4.78 is 28.9. The number of aromatic nitrogens is 1. The van der Waals surface area contributed by atoms with E-state index in [1.54, 1.807) is 28.7 Å². The Morgan fingerprint density at radius 1 is 1.03 bits per heavy atom. The Kier molecular flexibility index (Phi) is 8.58. The fourth-order valence-electron chi connectivity index (χ4n) is 4.12. The molecule has 37 heavy (non-hydrogen) atoms. The quantitative estimate of drug-likeness (QED) is 0.339. The number of piperidine rings is 1. The van der Waals surface area contributed by atoms with Gasteiger partial charge < -0.3 is 16.0 Å². The fourth-order valence-corrected chi connectivity index (χ4v) is 7.25. The number of amides is 1. The summed E-state index contributed by atoms with van der Waals surface area (Å²) in [5.74, 6) is -0.257. The van der Waals surface area contributed by atoms with Gasteiger partial charge in [0.1, 0.15) is 5.01 Å². The monoisotopic (exact) mass is 557 g/mol. The van der Waals surface area contributed by atoms with Crippen LogP contribution in [-0.4, -0.2) is 47.9 Å². The number of hydrogen-bond acceptors (Lipinski definition) is 6. The first-order valence-corrected chi connectivity index (χ1v) is 14.9. The molecule has 0 spiro atoms. The zero-order chi connectivity index (χ0) is 26.6. The molecule has 1 aliphatic heterocycles. The molecule has 1 saturated heterocycles. The van der Waals surface area contributed by atoms with E-state index in [4.69, 9.17) is 12.2 Å². The van der Waals surface area contributed by atoms with Crippen molar-refractivity contribution in [3.63, 3.8) is 0 Å². The molecule has 0 atom stereocenters. The molecule has 0 aliphatic carbocycles. The Balaban J connectivity index is 1.64. The highest BCUT2D eigenvalue weighted by atomic mass is 32.2. The number of thiazole rings is 1. The van der Waals surface area contributed by atoms with Gasteiger partial charge in [-0.15, -0.1) is 11.3 Å². The number of nitrogens with zero attached hydrogens (tertiary/aromatic N) is 2. The van der Waals surface area contributed by atoms with E-state index in [2.05, 4.69) is 20.9 Å². The van der Waals surface area contributed by atoms with Gasteiger partial charge >= 0.3 is 0 Å². The SMILES string of the molecule is CC(=O)Nc1ccc(-c2cnc(-c3ccc(NC(=S)NC(C)C)cc3)s2)c(S(=O)(=O)N2CCCCC2)c1. The summed E-state index contributed by atoms with van der Waals surface area (Å²) >= 11 is 6.73. The van der Waals surface area contributed by atoms with Crippen molar-refractivity contribution in [1.82, 2.24) is 14.6 Å².